The number of rotatable bonds is 7. The molecule has 2 aromatic carbocycles. The monoisotopic (exact) mass is 469 g/mol. The minimum Gasteiger partial charge on any atom is -0.380 e. The Morgan fingerprint density at radius 3 is 2.48 bits per heavy atom. The highest BCUT2D eigenvalue weighted by Crippen LogP contribution is 2.59. The third kappa shape index (κ3) is 4.03. The number of benzene rings is 2. The van der Waals surface area contributed by atoms with Gasteiger partial charge in [-0.05, 0) is 65.5 Å². The third-order valence-corrected chi connectivity index (χ3v) is 8.58. The number of amides is 1. The van der Waals surface area contributed by atoms with E-state index in [-0.39, 0.29) is 23.3 Å². The predicted octanol–water partition coefficient (Wildman–Crippen LogP) is 1.76. The summed E-state index contributed by atoms with van der Waals surface area (Å²) in [7, 11) is -3.74. The Kier molecular flexibility index (Phi) is 5.47. The lowest BCUT2D eigenvalue weighted by Gasteiger charge is -2.23. The highest BCUT2D eigenvalue weighted by atomic mass is 32.2. The number of hydrogen-bond acceptors (Lipinski definition) is 6. The molecule has 0 radical (unpaired) electrons. The molecule has 2 aromatic rings. The van der Waals surface area contributed by atoms with Gasteiger partial charge in [0, 0.05) is 12.5 Å². The Bertz CT molecular complexity index is 1240. The van der Waals surface area contributed by atoms with E-state index < -0.39 is 27.6 Å². The number of halogens is 1. The number of aliphatic hydroxyl groups excluding tert-OH is 1. The predicted molar refractivity (Wildman–Crippen MR) is 118 cm³/mol. The van der Waals surface area contributed by atoms with Crippen LogP contribution in [0.5, 0.6) is 0 Å². The first-order chi connectivity index (χ1) is 15.8. The Balaban J connectivity index is 1.25. The molecule has 9 heteroatoms. The van der Waals surface area contributed by atoms with Crippen molar-refractivity contribution in [3.63, 3.8) is 0 Å². The molecule has 0 spiro atoms. The fraction of sp³-hybridized carbons (Fsp3) is 0.417. The quantitative estimate of drug-likeness (QED) is 0.569. The molecule has 33 heavy (non-hydrogen) atoms. The maximum Gasteiger partial charge on any atom is 0.238 e. The van der Waals surface area contributed by atoms with Crippen LogP contribution in [0.25, 0.3) is 11.1 Å². The van der Waals surface area contributed by atoms with Crippen molar-refractivity contribution in [3.05, 3.63) is 53.8 Å². The molecule has 2 aliphatic carbocycles. The van der Waals surface area contributed by atoms with Gasteiger partial charge in [0.05, 0.1) is 17.0 Å². The topological polar surface area (TPSA) is 119 Å². The smallest absolute Gasteiger partial charge is 0.238 e. The Morgan fingerprint density at radius 1 is 1.15 bits per heavy atom. The SMILES string of the molecule is N#C[C@H](Cc1ccc(-c2ccc(S(=O)(=O)CO)cc2)cc1F)NC(=O)[C@H]1N[C@H]2C[C@@H]1[C@@H]1C[C@@H]12. The number of nitrogens with zero attached hydrogens (tertiary/aromatic N) is 1. The number of piperidine rings is 1. The summed E-state index contributed by atoms with van der Waals surface area (Å²) in [6, 6.07) is 11.8. The molecule has 0 unspecified atom stereocenters. The molecular weight excluding hydrogens is 445 g/mol. The lowest BCUT2D eigenvalue weighted by molar-refractivity contribution is -0.124. The Morgan fingerprint density at radius 2 is 1.88 bits per heavy atom. The zero-order chi connectivity index (χ0) is 23.3. The van der Waals surface area contributed by atoms with Gasteiger partial charge in [0.2, 0.25) is 15.7 Å². The molecule has 3 N–H and O–H groups in total. The van der Waals surface area contributed by atoms with Crippen LogP contribution < -0.4 is 10.6 Å². The molecule has 1 aliphatic heterocycles. The first kappa shape index (κ1) is 22.0. The molecule has 2 bridgehead atoms. The van der Waals surface area contributed by atoms with Gasteiger partial charge in [-0.2, -0.15) is 5.26 Å². The van der Waals surface area contributed by atoms with Crippen molar-refractivity contribution >= 4 is 15.7 Å². The fourth-order valence-corrected chi connectivity index (χ4v) is 6.16. The lowest BCUT2D eigenvalue weighted by Crippen LogP contribution is -2.51. The van der Waals surface area contributed by atoms with E-state index in [0.29, 0.717) is 40.5 Å². The van der Waals surface area contributed by atoms with Gasteiger partial charge < -0.3 is 15.7 Å². The van der Waals surface area contributed by atoms with Gasteiger partial charge in [0.15, 0.2) is 0 Å². The van der Waals surface area contributed by atoms with Crippen molar-refractivity contribution in [2.75, 3.05) is 5.94 Å². The van der Waals surface area contributed by atoms with E-state index in [4.69, 9.17) is 5.11 Å². The van der Waals surface area contributed by atoms with E-state index in [1.807, 2.05) is 0 Å². The number of carbonyl (C=O) groups excluding carboxylic acids is 1. The highest BCUT2D eigenvalue weighted by molar-refractivity contribution is 7.91. The Hall–Kier alpha value is -2.80. The second-order valence-electron chi connectivity index (χ2n) is 9.18. The van der Waals surface area contributed by atoms with Crippen LogP contribution in [0.2, 0.25) is 0 Å². The number of hydrogen-bond donors (Lipinski definition) is 3. The van der Waals surface area contributed by atoms with E-state index in [0.717, 1.165) is 6.42 Å². The third-order valence-electron chi connectivity index (χ3n) is 7.25. The molecule has 3 fully saturated rings. The van der Waals surface area contributed by atoms with E-state index in [9.17, 15) is 22.9 Å². The van der Waals surface area contributed by atoms with E-state index in [1.54, 1.807) is 24.3 Å². The molecule has 7 nitrogen and oxygen atoms in total. The maximum atomic E-state index is 14.8. The molecule has 0 aromatic heterocycles. The minimum atomic E-state index is -3.74. The molecule has 6 atom stereocenters. The number of nitriles is 1. The summed E-state index contributed by atoms with van der Waals surface area (Å²) in [5.74, 6) is 0.0197. The molecule has 5 rings (SSSR count). The summed E-state index contributed by atoms with van der Waals surface area (Å²) in [5, 5.41) is 24.6. The highest BCUT2D eigenvalue weighted by Gasteiger charge is 2.62. The van der Waals surface area contributed by atoms with Gasteiger partial charge in [0.1, 0.15) is 17.8 Å². The molecular formula is C24H24FN3O4S. The number of aliphatic hydroxyl groups is 1. The number of sulfone groups is 1. The summed E-state index contributed by atoms with van der Waals surface area (Å²) in [4.78, 5) is 12.7. The molecule has 2 saturated carbocycles. The zero-order valence-electron chi connectivity index (χ0n) is 17.7. The van der Waals surface area contributed by atoms with Crippen LogP contribution in [0, 0.1) is 34.9 Å². The number of carbonyl (C=O) groups is 1. The normalized spacial score (nSPS) is 28.1. The van der Waals surface area contributed by atoms with Gasteiger partial charge in [-0.1, -0.05) is 24.3 Å². The van der Waals surface area contributed by atoms with Crippen molar-refractivity contribution in [1.82, 2.24) is 10.6 Å². The van der Waals surface area contributed by atoms with Crippen LogP contribution in [0.3, 0.4) is 0 Å². The Labute approximate surface area is 191 Å². The minimum absolute atomic E-state index is 0.0133. The summed E-state index contributed by atoms with van der Waals surface area (Å²) < 4.78 is 38.3. The first-order valence-corrected chi connectivity index (χ1v) is 12.6. The van der Waals surface area contributed by atoms with Crippen LogP contribution in [-0.4, -0.2) is 43.5 Å². The van der Waals surface area contributed by atoms with E-state index in [2.05, 4.69) is 16.7 Å². The zero-order valence-corrected chi connectivity index (χ0v) is 18.6. The summed E-state index contributed by atoms with van der Waals surface area (Å²) in [5.41, 5.74) is 1.48. The molecule has 3 aliphatic rings. The van der Waals surface area contributed by atoms with Crippen molar-refractivity contribution in [3.8, 4) is 17.2 Å². The van der Waals surface area contributed by atoms with Crippen molar-refractivity contribution < 1.29 is 22.7 Å². The van der Waals surface area contributed by atoms with Crippen LogP contribution in [0.1, 0.15) is 18.4 Å². The average Bonchev–Trinajstić information content (AvgIpc) is 3.42. The van der Waals surface area contributed by atoms with E-state index in [1.165, 1.54) is 24.6 Å². The maximum absolute atomic E-state index is 14.8. The van der Waals surface area contributed by atoms with Crippen molar-refractivity contribution in [1.29, 1.82) is 5.26 Å². The van der Waals surface area contributed by atoms with Crippen molar-refractivity contribution in [2.24, 2.45) is 17.8 Å². The number of nitrogens with one attached hydrogen (secondary N) is 2. The average molecular weight is 470 g/mol. The largest absolute Gasteiger partial charge is 0.380 e. The summed E-state index contributed by atoms with van der Waals surface area (Å²) in [6.07, 6.45) is 2.26. The van der Waals surface area contributed by atoms with Gasteiger partial charge >= 0.3 is 0 Å². The van der Waals surface area contributed by atoms with Crippen LogP contribution in [0.4, 0.5) is 4.39 Å². The lowest BCUT2D eigenvalue weighted by atomic mass is 9.96. The van der Waals surface area contributed by atoms with Gasteiger partial charge in [-0.25, -0.2) is 12.8 Å². The second-order valence-corrected chi connectivity index (χ2v) is 11.1. The molecule has 1 heterocycles. The van der Waals surface area contributed by atoms with Gasteiger partial charge in [-0.15, -0.1) is 0 Å². The van der Waals surface area contributed by atoms with Gasteiger partial charge in [0.25, 0.3) is 0 Å². The van der Waals surface area contributed by atoms with Crippen LogP contribution in [-0.2, 0) is 21.1 Å². The first-order valence-electron chi connectivity index (χ1n) is 11.0. The summed E-state index contributed by atoms with van der Waals surface area (Å²) in [6.45, 7) is 0. The molecule has 1 amide bonds. The molecule has 172 valence electrons. The summed E-state index contributed by atoms with van der Waals surface area (Å²) >= 11 is 0. The molecule has 1 saturated heterocycles. The van der Waals surface area contributed by atoms with Crippen LogP contribution in [0.15, 0.2) is 47.4 Å². The number of fused-ring (bicyclic) bond motifs is 5. The second kappa shape index (κ2) is 8.20. The fourth-order valence-electron chi connectivity index (χ4n) is 5.46. The van der Waals surface area contributed by atoms with Gasteiger partial charge in [-0.3, -0.25) is 4.79 Å². The standard InChI is InChI=1S/C24H24FN3O4S/c25-21-8-14(13-3-5-17(6-4-13)33(31,32)12-29)1-2-15(21)7-16(11-26)27-24(30)23-20-10-22(28-23)19-9-18(19)20/h1-6,8,16,18-20,22-23,28-29H,7,9-10,12H2,(H,27,30)/t16-,18+,19-,20+,22-,23-/m0/s1. The van der Waals surface area contributed by atoms with E-state index >= 15 is 0 Å². The van der Waals surface area contributed by atoms with Crippen LogP contribution >= 0.6 is 0 Å². The van der Waals surface area contributed by atoms with Crippen molar-refractivity contribution in [2.45, 2.75) is 42.3 Å².